The molecular formula is C18H26N2. The summed E-state index contributed by atoms with van der Waals surface area (Å²) in [5.74, 6) is 1.47. The Kier molecular flexibility index (Phi) is 5.14. The first-order valence-electron chi connectivity index (χ1n) is 7.86. The van der Waals surface area contributed by atoms with Crippen LogP contribution in [0.25, 0.3) is 0 Å². The van der Waals surface area contributed by atoms with Gasteiger partial charge in [0.25, 0.3) is 0 Å². The first-order valence-corrected chi connectivity index (χ1v) is 7.86. The molecule has 2 unspecified atom stereocenters. The summed E-state index contributed by atoms with van der Waals surface area (Å²) >= 11 is 0. The molecule has 0 radical (unpaired) electrons. The molecule has 2 rings (SSSR count). The van der Waals surface area contributed by atoms with Gasteiger partial charge in [-0.05, 0) is 44.2 Å². The highest BCUT2D eigenvalue weighted by Gasteiger charge is 2.36. The van der Waals surface area contributed by atoms with Crippen LogP contribution in [-0.4, -0.2) is 11.5 Å². The maximum absolute atomic E-state index is 4.66. The fraction of sp³-hybridized carbons (Fsp3) is 0.611. The first kappa shape index (κ1) is 15.0. The molecule has 2 nitrogen and oxygen atoms in total. The van der Waals surface area contributed by atoms with Gasteiger partial charge in [0.05, 0.1) is 17.2 Å². The molecule has 2 atom stereocenters. The Balaban J connectivity index is 2.11. The largest absolute Gasteiger partial charge is 0.219 e. The quantitative estimate of drug-likeness (QED) is 0.647. The second-order valence-corrected chi connectivity index (χ2v) is 6.37. The molecule has 1 saturated carbocycles. The van der Waals surface area contributed by atoms with Crippen molar-refractivity contribution in [3.05, 3.63) is 30.3 Å². The van der Waals surface area contributed by atoms with Crippen LogP contribution in [0.2, 0.25) is 0 Å². The molecule has 0 N–H and O–H groups in total. The van der Waals surface area contributed by atoms with Gasteiger partial charge < -0.3 is 0 Å². The van der Waals surface area contributed by atoms with Gasteiger partial charge in [0, 0.05) is 0 Å². The van der Waals surface area contributed by atoms with Crippen LogP contribution >= 0.6 is 0 Å². The number of nitrogens with zero attached hydrogens (tertiary/aromatic N) is 2. The zero-order valence-corrected chi connectivity index (χ0v) is 13.0. The summed E-state index contributed by atoms with van der Waals surface area (Å²) in [5.41, 5.74) is 0.863. The van der Waals surface area contributed by atoms with E-state index in [9.17, 15) is 0 Å². The molecule has 20 heavy (non-hydrogen) atoms. The van der Waals surface area contributed by atoms with Gasteiger partial charge in [-0.1, -0.05) is 50.8 Å². The molecular weight excluding hydrogens is 244 g/mol. The maximum Gasteiger partial charge on any atom is 0.0954 e. The molecule has 1 fully saturated rings. The monoisotopic (exact) mass is 270 g/mol. The van der Waals surface area contributed by atoms with E-state index in [1.807, 2.05) is 30.3 Å². The second-order valence-electron chi connectivity index (χ2n) is 6.37. The zero-order valence-electron chi connectivity index (χ0n) is 13.0. The van der Waals surface area contributed by atoms with Crippen LogP contribution < -0.4 is 0 Å². The van der Waals surface area contributed by atoms with Crippen molar-refractivity contribution in [2.75, 3.05) is 0 Å². The van der Waals surface area contributed by atoms with Gasteiger partial charge in [0.2, 0.25) is 0 Å². The fourth-order valence-corrected chi connectivity index (χ4v) is 3.42. The Labute approximate surface area is 123 Å². The Morgan fingerprint density at radius 1 is 1.15 bits per heavy atom. The van der Waals surface area contributed by atoms with Gasteiger partial charge in [-0.2, -0.15) is 4.99 Å². The Morgan fingerprint density at radius 2 is 1.85 bits per heavy atom. The lowest BCUT2D eigenvalue weighted by Crippen LogP contribution is -2.36. The number of para-hydroxylation sites is 1. The van der Waals surface area contributed by atoms with E-state index < -0.39 is 0 Å². The summed E-state index contributed by atoms with van der Waals surface area (Å²) in [4.78, 5) is 8.98. The molecule has 1 aliphatic carbocycles. The average molecular weight is 270 g/mol. The van der Waals surface area contributed by atoms with Crippen LogP contribution in [0.5, 0.6) is 0 Å². The van der Waals surface area contributed by atoms with E-state index in [0.29, 0.717) is 5.92 Å². The molecule has 1 aromatic rings. The predicted molar refractivity (Wildman–Crippen MR) is 85.8 cm³/mol. The number of aliphatic imine (C=N–C) groups is 2. The lowest BCUT2D eigenvalue weighted by atomic mass is 9.69. The van der Waals surface area contributed by atoms with Crippen molar-refractivity contribution in [3.63, 3.8) is 0 Å². The lowest BCUT2D eigenvalue weighted by molar-refractivity contribution is 0.152. The molecule has 1 aliphatic rings. The van der Waals surface area contributed by atoms with Crippen LogP contribution in [0.4, 0.5) is 5.69 Å². The molecule has 0 spiro atoms. The van der Waals surface area contributed by atoms with E-state index in [1.165, 1.54) is 32.1 Å². The summed E-state index contributed by atoms with van der Waals surface area (Å²) in [7, 11) is 0. The minimum atomic E-state index is -0.0562. The van der Waals surface area contributed by atoms with Crippen LogP contribution in [0.15, 0.2) is 40.3 Å². The third kappa shape index (κ3) is 3.80. The standard InChI is InChI=1S/C18H26N2/c1-4-15-10-8-9-13-17(15)18(2,3)20-14-19-16-11-6-5-7-12-16/h5-7,11-12,15,17H,4,8-10,13H2,1-3H3. The van der Waals surface area contributed by atoms with Gasteiger partial charge in [-0.25, -0.2) is 4.99 Å². The Hall–Kier alpha value is -1.40. The molecule has 0 aromatic heterocycles. The van der Waals surface area contributed by atoms with E-state index in [1.54, 1.807) is 0 Å². The molecule has 1 aromatic carbocycles. The van der Waals surface area contributed by atoms with Crippen molar-refractivity contribution in [2.45, 2.75) is 58.4 Å². The molecule has 0 aliphatic heterocycles. The topological polar surface area (TPSA) is 24.7 Å². The Bertz CT molecular complexity index is 469. The van der Waals surface area contributed by atoms with Crippen LogP contribution in [-0.2, 0) is 0 Å². The molecule has 0 bridgehead atoms. The van der Waals surface area contributed by atoms with Crippen molar-refractivity contribution in [1.29, 1.82) is 0 Å². The molecule has 0 amide bonds. The van der Waals surface area contributed by atoms with Crippen molar-refractivity contribution >= 4 is 11.7 Å². The van der Waals surface area contributed by atoms with Gasteiger partial charge >= 0.3 is 0 Å². The highest BCUT2D eigenvalue weighted by molar-refractivity contribution is 5.52. The van der Waals surface area contributed by atoms with Crippen LogP contribution in [0.3, 0.4) is 0 Å². The first-order chi connectivity index (χ1) is 9.63. The number of hydrogen-bond acceptors (Lipinski definition) is 2. The third-order valence-electron chi connectivity index (χ3n) is 4.61. The van der Waals surface area contributed by atoms with Crippen molar-refractivity contribution < 1.29 is 0 Å². The van der Waals surface area contributed by atoms with E-state index in [2.05, 4.69) is 36.8 Å². The predicted octanol–water partition coefficient (Wildman–Crippen LogP) is 5.49. The molecule has 0 heterocycles. The van der Waals surface area contributed by atoms with Crippen molar-refractivity contribution in [3.8, 4) is 0 Å². The van der Waals surface area contributed by atoms with Gasteiger partial charge in [0.1, 0.15) is 0 Å². The molecule has 108 valence electrons. The highest BCUT2D eigenvalue weighted by Crippen LogP contribution is 2.40. The lowest BCUT2D eigenvalue weighted by Gasteiger charge is -2.39. The van der Waals surface area contributed by atoms with Crippen LogP contribution in [0.1, 0.15) is 52.9 Å². The SMILES string of the molecule is CCC1CCCCC1C(C)(C)N=C=Nc1ccccc1. The van der Waals surface area contributed by atoms with E-state index in [-0.39, 0.29) is 5.54 Å². The summed E-state index contributed by atoms with van der Waals surface area (Å²) in [6.45, 7) is 6.78. The summed E-state index contributed by atoms with van der Waals surface area (Å²) in [5, 5.41) is 0. The summed E-state index contributed by atoms with van der Waals surface area (Å²) in [6, 6.07) is 12.9. The summed E-state index contributed by atoms with van der Waals surface area (Å²) < 4.78 is 0. The average Bonchev–Trinajstić information content (AvgIpc) is 2.48. The number of rotatable bonds is 4. The highest BCUT2D eigenvalue weighted by atomic mass is 14.9. The second kappa shape index (κ2) is 6.85. The molecule has 0 saturated heterocycles. The minimum absolute atomic E-state index is 0.0562. The molecule has 2 heteroatoms. The summed E-state index contributed by atoms with van der Waals surface area (Å²) in [6.07, 6.45) is 6.64. The van der Waals surface area contributed by atoms with Crippen LogP contribution in [0, 0.1) is 11.8 Å². The number of hydrogen-bond donors (Lipinski definition) is 0. The van der Waals surface area contributed by atoms with Crippen molar-refractivity contribution in [1.82, 2.24) is 0 Å². The minimum Gasteiger partial charge on any atom is -0.219 e. The Morgan fingerprint density at radius 3 is 2.55 bits per heavy atom. The fourth-order valence-electron chi connectivity index (χ4n) is 3.42. The maximum atomic E-state index is 4.66. The van der Waals surface area contributed by atoms with E-state index in [4.69, 9.17) is 0 Å². The van der Waals surface area contributed by atoms with Gasteiger partial charge in [0.15, 0.2) is 0 Å². The van der Waals surface area contributed by atoms with E-state index in [0.717, 1.165) is 11.6 Å². The van der Waals surface area contributed by atoms with Crippen molar-refractivity contribution in [2.24, 2.45) is 21.8 Å². The van der Waals surface area contributed by atoms with E-state index >= 15 is 0 Å². The van der Waals surface area contributed by atoms with Gasteiger partial charge in [-0.3, -0.25) is 0 Å². The normalized spacial score (nSPS) is 22.9. The number of benzene rings is 1. The smallest absolute Gasteiger partial charge is 0.0954 e. The zero-order chi connectivity index (χ0) is 14.4. The third-order valence-corrected chi connectivity index (χ3v) is 4.61. The van der Waals surface area contributed by atoms with Gasteiger partial charge in [-0.15, -0.1) is 0 Å².